The minimum absolute atomic E-state index is 0.610. The van der Waals surface area contributed by atoms with Crippen molar-refractivity contribution >= 4 is 46.2 Å². The molecule has 0 amide bonds. The van der Waals surface area contributed by atoms with Gasteiger partial charge in [-0.3, -0.25) is 0 Å². The number of rotatable bonds is 1. The first-order valence-corrected chi connectivity index (χ1v) is 7.87. The summed E-state index contributed by atoms with van der Waals surface area (Å²) in [6, 6.07) is 13.8. The van der Waals surface area contributed by atoms with Gasteiger partial charge in [-0.2, -0.15) is 0 Å². The number of nitrogens with one attached hydrogen (secondary N) is 1. The van der Waals surface area contributed by atoms with Crippen molar-refractivity contribution in [2.24, 2.45) is 0 Å². The van der Waals surface area contributed by atoms with Crippen molar-refractivity contribution in [3.8, 4) is 0 Å². The Labute approximate surface area is 139 Å². The van der Waals surface area contributed by atoms with Crippen LogP contribution < -0.4 is 5.32 Å². The minimum atomic E-state index is 0.610. The second-order valence-corrected chi connectivity index (χ2v) is 6.22. The Morgan fingerprint density at radius 1 is 1.10 bits per heavy atom. The van der Waals surface area contributed by atoms with Crippen LogP contribution in [0.25, 0.3) is 0 Å². The summed E-state index contributed by atoms with van der Waals surface area (Å²) in [6.45, 7) is 1.72. The summed E-state index contributed by atoms with van der Waals surface area (Å²) in [4.78, 5) is 2.15. The predicted molar refractivity (Wildman–Crippen MR) is 93.2 cm³/mol. The average molecular weight is 337 g/mol. The molecule has 108 valence electrons. The van der Waals surface area contributed by atoms with Gasteiger partial charge in [-0.05, 0) is 48.0 Å². The molecule has 2 nitrogen and oxygen atoms in total. The molecule has 3 rings (SSSR count). The van der Waals surface area contributed by atoms with E-state index in [1.807, 2.05) is 0 Å². The van der Waals surface area contributed by atoms with Gasteiger partial charge in [0.1, 0.15) is 0 Å². The molecule has 0 saturated heterocycles. The molecule has 0 aromatic heterocycles. The molecule has 1 heterocycles. The number of benzene rings is 2. The van der Waals surface area contributed by atoms with Crippen LogP contribution in [0.3, 0.4) is 0 Å². The molecule has 2 aromatic rings. The van der Waals surface area contributed by atoms with Gasteiger partial charge in [0, 0.05) is 18.1 Å². The van der Waals surface area contributed by atoms with E-state index in [4.69, 9.17) is 35.4 Å². The Hall–Kier alpha value is -1.29. The van der Waals surface area contributed by atoms with Crippen LogP contribution in [0.1, 0.15) is 11.1 Å². The highest BCUT2D eigenvalue weighted by molar-refractivity contribution is 7.80. The molecule has 0 radical (unpaired) electrons. The smallest absolute Gasteiger partial charge is 0.173 e. The maximum Gasteiger partial charge on any atom is 0.173 e. The highest BCUT2D eigenvalue weighted by atomic mass is 35.5. The van der Waals surface area contributed by atoms with Crippen molar-refractivity contribution in [2.45, 2.75) is 13.0 Å². The number of hydrogen-bond acceptors (Lipinski definition) is 1. The molecule has 0 spiro atoms. The first-order chi connectivity index (χ1) is 10.1. The molecule has 5 heteroatoms. The lowest BCUT2D eigenvalue weighted by molar-refractivity contribution is 0.399. The van der Waals surface area contributed by atoms with E-state index in [-0.39, 0.29) is 0 Å². The highest BCUT2D eigenvalue weighted by Crippen LogP contribution is 2.26. The number of thiocarbonyl (C=S) groups is 1. The molecule has 0 bridgehead atoms. The number of nitrogens with zero attached hydrogens (tertiary/aromatic N) is 1. The molecule has 2 aromatic carbocycles. The third kappa shape index (κ3) is 3.31. The van der Waals surface area contributed by atoms with E-state index in [2.05, 4.69) is 34.5 Å². The Morgan fingerprint density at radius 3 is 2.67 bits per heavy atom. The number of anilines is 1. The second-order valence-electron chi connectivity index (χ2n) is 4.99. The van der Waals surface area contributed by atoms with Crippen LogP contribution in [-0.2, 0) is 13.0 Å². The van der Waals surface area contributed by atoms with E-state index in [0.717, 1.165) is 25.2 Å². The summed E-state index contributed by atoms with van der Waals surface area (Å²) in [5.41, 5.74) is 3.47. The van der Waals surface area contributed by atoms with Gasteiger partial charge in [-0.1, -0.05) is 47.5 Å². The Balaban J connectivity index is 1.74. The van der Waals surface area contributed by atoms with Gasteiger partial charge in [0.15, 0.2) is 5.11 Å². The fraction of sp³-hybridized carbons (Fsp3) is 0.188. The quantitative estimate of drug-likeness (QED) is 0.756. The van der Waals surface area contributed by atoms with Crippen molar-refractivity contribution < 1.29 is 0 Å². The van der Waals surface area contributed by atoms with Gasteiger partial charge in [-0.15, -0.1) is 0 Å². The Morgan fingerprint density at radius 2 is 1.86 bits per heavy atom. The lowest BCUT2D eigenvalue weighted by Crippen LogP contribution is -2.38. The van der Waals surface area contributed by atoms with Gasteiger partial charge in [0.05, 0.1) is 10.7 Å². The van der Waals surface area contributed by atoms with Gasteiger partial charge >= 0.3 is 0 Å². The largest absolute Gasteiger partial charge is 0.344 e. The van der Waals surface area contributed by atoms with Crippen molar-refractivity contribution in [1.29, 1.82) is 0 Å². The number of halogens is 2. The highest BCUT2D eigenvalue weighted by Gasteiger charge is 2.18. The monoisotopic (exact) mass is 336 g/mol. The molecular weight excluding hydrogens is 323 g/mol. The van der Waals surface area contributed by atoms with E-state index in [0.29, 0.717) is 15.2 Å². The van der Waals surface area contributed by atoms with Crippen molar-refractivity contribution in [3.05, 3.63) is 63.6 Å². The summed E-state index contributed by atoms with van der Waals surface area (Å²) in [7, 11) is 0. The van der Waals surface area contributed by atoms with Gasteiger partial charge in [0.25, 0.3) is 0 Å². The zero-order chi connectivity index (χ0) is 14.8. The molecule has 0 saturated carbocycles. The lowest BCUT2D eigenvalue weighted by atomic mass is 10.0. The summed E-state index contributed by atoms with van der Waals surface area (Å²) in [5.74, 6) is 0. The molecule has 1 aliphatic heterocycles. The third-order valence-electron chi connectivity index (χ3n) is 3.59. The summed E-state index contributed by atoms with van der Waals surface area (Å²) < 4.78 is 0. The van der Waals surface area contributed by atoms with Crippen molar-refractivity contribution in [2.75, 3.05) is 11.9 Å². The molecule has 21 heavy (non-hydrogen) atoms. The van der Waals surface area contributed by atoms with Crippen LogP contribution in [0.2, 0.25) is 10.0 Å². The molecule has 0 atom stereocenters. The lowest BCUT2D eigenvalue weighted by Gasteiger charge is -2.31. The van der Waals surface area contributed by atoms with Crippen LogP contribution in [-0.4, -0.2) is 16.6 Å². The van der Waals surface area contributed by atoms with Crippen molar-refractivity contribution in [1.82, 2.24) is 4.90 Å². The van der Waals surface area contributed by atoms with Gasteiger partial charge in [-0.25, -0.2) is 0 Å². The van der Waals surface area contributed by atoms with E-state index in [1.54, 1.807) is 18.2 Å². The third-order valence-corrected chi connectivity index (χ3v) is 4.51. The number of hydrogen-bond donors (Lipinski definition) is 1. The molecule has 1 aliphatic rings. The molecular formula is C16H14Cl2N2S. The maximum atomic E-state index is 6.16. The van der Waals surface area contributed by atoms with E-state index in [9.17, 15) is 0 Å². The zero-order valence-electron chi connectivity index (χ0n) is 11.3. The SMILES string of the molecule is S=C(Nc1cc(Cl)ccc1Cl)N1CCc2ccccc2C1. The molecule has 1 N–H and O–H groups in total. The van der Waals surface area contributed by atoms with E-state index in [1.165, 1.54) is 11.1 Å². The molecule has 0 unspecified atom stereocenters. The van der Waals surface area contributed by atoms with Gasteiger partial charge in [0.2, 0.25) is 0 Å². The molecule has 0 aliphatic carbocycles. The maximum absolute atomic E-state index is 6.16. The van der Waals surface area contributed by atoms with Crippen LogP contribution in [0.4, 0.5) is 5.69 Å². The van der Waals surface area contributed by atoms with E-state index < -0.39 is 0 Å². The first-order valence-electron chi connectivity index (χ1n) is 6.71. The summed E-state index contributed by atoms with van der Waals surface area (Å²) in [5, 5.41) is 5.11. The predicted octanol–water partition coefficient (Wildman–Crippen LogP) is 4.75. The van der Waals surface area contributed by atoms with Crippen LogP contribution in [0.5, 0.6) is 0 Å². The molecule has 0 fully saturated rings. The normalized spacial score (nSPS) is 13.7. The van der Waals surface area contributed by atoms with Crippen molar-refractivity contribution in [3.63, 3.8) is 0 Å². The fourth-order valence-electron chi connectivity index (χ4n) is 2.46. The Bertz CT molecular complexity index is 688. The minimum Gasteiger partial charge on any atom is -0.344 e. The fourth-order valence-corrected chi connectivity index (χ4v) is 3.06. The van der Waals surface area contributed by atoms with Gasteiger partial charge < -0.3 is 10.2 Å². The summed E-state index contributed by atoms with van der Waals surface area (Å²) in [6.07, 6.45) is 1.00. The standard InChI is InChI=1S/C16H14Cl2N2S/c17-13-5-6-14(18)15(9-13)19-16(21)20-8-7-11-3-1-2-4-12(11)10-20/h1-6,9H,7-8,10H2,(H,19,21). The average Bonchev–Trinajstić information content (AvgIpc) is 2.50. The Kier molecular flexibility index (Phi) is 4.34. The van der Waals surface area contributed by atoms with Crippen LogP contribution in [0.15, 0.2) is 42.5 Å². The summed E-state index contributed by atoms with van der Waals surface area (Å²) >= 11 is 17.7. The zero-order valence-corrected chi connectivity index (χ0v) is 13.6. The topological polar surface area (TPSA) is 15.3 Å². The number of fused-ring (bicyclic) bond motifs is 1. The van der Waals surface area contributed by atoms with Crippen LogP contribution in [0, 0.1) is 0 Å². The second kappa shape index (κ2) is 6.22. The van der Waals surface area contributed by atoms with E-state index >= 15 is 0 Å². The first kappa shape index (κ1) is 14.6. The van der Waals surface area contributed by atoms with Crippen LogP contribution >= 0.6 is 35.4 Å².